The Morgan fingerprint density at radius 2 is 0.500 bits per heavy atom. The van der Waals surface area contributed by atoms with E-state index in [0.717, 1.165) is 226 Å². The second-order valence-corrected chi connectivity index (χ2v) is 33.8. The minimum Gasteiger partial charge on any atom is -0.456 e. The van der Waals surface area contributed by atoms with Crippen molar-refractivity contribution in [3.8, 4) is 39.1 Å². The molecule has 14 heteroatoms. The maximum atomic E-state index is 6.66. The highest BCUT2D eigenvalue weighted by molar-refractivity contribution is 6.38. The normalized spacial score (nSPS) is 12.5. The molecule has 0 spiro atoms. The van der Waals surface area contributed by atoms with Crippen molar-refractivity contribution in [2.45, 2.75) is 0 Å². The molecule has 128 heavy (non-hydrogen) atoms. The van der Waals surface area contributed by atoms with E-state index in [9.17, 15) is 0 Å². The van der Waals surface area contributed by atoms with Crippen LogP contribution < -0.4 is 0 Å². The summed E-state index contributed by atoms with van der Waals surface area (Å²) in [7, 11) is 0. The van der Waals surface area contributed by atoms with Gasteiger partial charge in [-0.1, -0.05) is 218 Å². The maximum absolute atomic E-state index is 6.66. The van der Waals surface area contributed by atoms with E-state index in [1.165, 1.54) is 70.8 Å². The van der Waals surface area contributed by atoms with Gasteiger partial charge in [-0.2, -0.15) is 0 Å². The van der Waals surface area contributed by atoms with Crippen molar-refractivity contribution in [2.24, 2.45) is 0 Å². The van der Waals surface area contributed by atoms with Gasteiger partial charge in [0, 0.05) is 108 Å². The molecule has 0 aliphatic rings. The summed E-state index contributed by atoms with van der Waals surface area (Å²) in [5, 5.41) is 21.8. The fourth-order valence-electron chi connectivity index (χ4n) is 21.5. The number of hydrogen-bond donors (Lipinski definition) is 0. The highest BCUT2D eigenvalue weighted by atomic mass is 16.3. The molecule has 14 aromatic heterocycles. The fourth-order valence-corrected chi connectivity index (χ4v) is 21.5. The first kappa shape index (κ1) is 68.0. The Kier molecular flexibility index (Phi) is 13.3. The molecule has 0 unspecified atom stereocenters. The largest absolute Gasteiger partial charge is 0.456 e. The average molecular weight is 1630 g/mol. The van der Waals surface area contributed by atoms with E-state index in [1.54, 1.807) is 0 Å². The Morgan fingerprint density at radius 3 is 1.02 bits per heavy atom. The van der Waals surface area contributed by atoms with E-state index in [2.05, 4.69) is 273 Å². The summed E-state index contributed by atoms with van der Waals surface area (Å²) in [6.45, 7) is 0. The summed E-state index contributed by atoms with van der Waals surface area (Å²) >= 11 is 0. The molecule has 32 rings (SSSR count). The van der Waals surface area contributed by atoms with E-state index in [1.807, 2.05) is 109 Å². The quantitative estimate of drug-likeness (QED) is 0.167. The lowest BCUT2D eigenvalue weighted by molar-refractivity contribution is 0.668. The smallest absolute Gasteiger partial charge is 0.165 e. The average Bonchev–Trinajstić information content (AvgIpc) is 1.53. The molecule has 18 aromatic carbocycles. The molecule has 0 saturated carbocycles. The van der Waals surface area contributed by atoms with Gasteiger partial charge in [-0.25, -0.2) is 29.9 Å². The van der Waals surface area contributed by atoms with Crippen LogP contribution in [0.3, 0.4) is 0 Å². The molecule has 0 bridgehead atoms. The van der Waals surface area contributed by atoms with Crippen molar-refractivity contribution in [3.63, 3.8) is 0 Å². The molecule has 14 heterocycles. The van der Waals surface area contributed by atoms with Crippen LogP contribution in [0.5, 0.6) is 0 Å². The van der Waals surface area contributed by atoms with Gasteiger partial charge in [0.25, 0.3) is 0 Å². The van der Waals surface area contributed by atoms with Gasteiger partial charge >= 0.3 is 0 Å². The Hall–Kier alpha value is -17.6. The zero-order valence-electron chi connectivity index (χ0n) is 67.7. The van der Waals surface area contributed by atoms with Gasteiger partial charge in [-0.15, -0.1) is 0 Å². The lowest BCUT2D eigenvalue weighted by atomic mass is 9.98. The van der Waals surface area contributed by atoms with Gasteiger partial charge in [0.15, 0.2) is 16.9 Å². The molecule has 0 atom stereocenters. The molecule has 0 fully saturated rings. The molecule has 0 N–H and O–H groups in total. The fraction of sp³-hybridized carbons (Fsp3) is 0. The van der Waals surface area contributed by atoms with Gasteiger partial charge in [-0.3, -0.25) is 13.2 Å². The number of aromatic nitrogens is 10. The van der Waals surface area contributed by atoms with Crippen LogP contribution in [-0.2, 0) is 0 Å². The van der Waals surface area contributed by atoms with Gasteiger partial charge < -0.3 is 22.2 Å². The number of hydrogen-bond acceptors (Lipinski definition) is 10. The molecule has 0 radical (unpaired) electrons. The van der Waals surface area contributed by atoms with E-state index >= 15 is 0 Å². The summed E-state index contributed by atoms with van der Waals surface area (Å²) in [5.41, 5.74) is 35.1. The predicted molar refractivity (Wildman–Crippen MR) is 522 cm³/mol. The van der Waals surface area contributed by atoms with Crippen LogP contribution in [0.25, 0.3) is 297 Å². The maximum Gasteiger partial charge on any atom is 0.165 e. The predicted octanol–water partition coefficient (Wildman–Crippen LogP) is 30.0. The molecular formula is C114H60N10O4. The van der Waals surface area contributed by atoms with E-state index in [4.69, 9.17) is 47.6 Å². The third-order valence-corrected chi connectivity index (χ3v) is 27.0. The van der Waals surface area contributed by atoms with E-state index in [0.29, 0.717) is 0 Å². The van der Waals surface area contributed by atoms with Crippen LogP contribution in [0, 0.1) is 0 Å². The van der Waals surface area contributed by atoms with Crippen LogP contribution in [0.4, 0.5) is 0 Å². The third-order valence-electron chi connectivity index (χ3n) is 27.0. The SMILES string of the molecule is c1ccc(-c2ccc3c4c5c(cc6c7nc8ccccc8nc7n(c3c2)c64)oc2ccccc25)cc1.c1ccc(-n2c3ccccc3c3cc(-c4ccc5oc6cc7c8nc9ccccc9nc8n8c9ccccc9c(c6c5c4)c78)ccc32)cc1.c1ccc2nc3c(nc2c1)c1cc2oc4ccccc4c2c2c4ccc(-c5ccc6oc7ccccc7c6c5)cc4n3c12. The zero-order valence-corrected chi connectivity index (χ0v) is 67.7. The highest BCUT2D eigenvalue weighted by Crippen LogP contribution is 2.52. The number of fused-ring (bicyclic) bond motifs is 39. The van der Waals surface area contributed by atoms with Crippen molar-refractivity contribution < 1.29 is 17.7 Å². The Morgan fingerprint density at radius 1 is 0.172 bits per heavy atom. The standard InChI is InChI=1S/C44H24N4O.C38H19N3O2.C32H17N3O/c1-2-10-27(11-3-1)47-35-16-8-4-12-28(35)30-22-25(18-20-37(30)47)26-19-21-38-31(23-26)40-39(49-38)24-32-42-44(46-34-15-7-6-14-33(34)45-42)48-36-17-9-5-13-29(36)41(40)43(32)48;1-5-11-30-22(7-1)25-17-20(14-16-32(25)42-30)21-13-15-23-29(18-21)41-37-26(36-38(41)40-28-10-4-3-9-27(28)39-36)19-33-34(35(23)37)24-8-2-6-12-31(24)43-33;1-2-8-18(9-3-1)19-14-15-20-25(16-19)35-31-22(30-32(35)34-24-12-6-5-11-23(24)33-30)17-27-28(29(20)31)21-10-4-7-13-26(21)36-27/h1-24H;1-19H;1-17H. The van der Waals surface area contributed by atoms with Gasteiger partial charge in [0.1, 0.15) is 61.2 Å². The van der Waals surface area contributed by atoms with Gasteiger partial charge in [0.05, 0.1) is 77.2 Å². The summed E-state index contributed by atoms with van der Waals surface area (Å²) in [4.78, 5) is 30.8. The van der Waals surface area contributed by atoms with Gasteiger partial charge in [-0.05, 0) is 179 Å². The van der Waals surface area contributed by atoms with Crippen molar-refractivity contribution in [1.82, 2.24) is 47.7 Å². The third kappa shape index (κ3) is 9.26. The van der Waals surface area contributed by atoms with Crippen molar-refractivity contribution in [2.75, 3.05) is 0 Å². The number of furan rings is 4. The zero-order chi connectivity index (χ0) is 83.0. The van der Waals surface area contributed by atoms with Crippen molar-refractivity contribution in [1.29, 1.82) is 0 Å². The van der Waals surface area contributed by atoms with Crippen LogP contribution in [0.1, 0.15) is 0 Å². The summed E-state index contributed by atoms with van der Waals surface area (Å²) in [5.74, 6) is 0. The van der Waals surface area contributed by atoms with Gasteiger partial charge in [0.2, 0.25) is 0 Å². The number of nitrogens with zero attached hydrogens (tertiary/aromatic N) is 10. The topological polar surface area (TPSA) is 148 Å². The van der Waals surface area contributed by atoms with Crippen LogP contribution in [-0.4, -0.2) is 47.7 Å². The lowest BCUT2D eigenvalue weighted by Gasteiger charge is -2.08. The molecule has 0 saturated heterocycles. The molecule has 590 valence electrons. The monoisotopic (exact) mass is 1630 g/mol. The molecule has 0 aliphatic heterocycles. The molecule has 0 aliphatic carbocycles. The lowest BCUT2D eigenvalue weighted by Crippen LogP contribution is -1.92. The molecule has 32 aromatic rings. The van der Waals surface area contributed by atoms with Crippen LogP contribution in [0.15, 0.2) is 382 Å². The summed E-state index contributed by atoms with van der Waals surface area (Å²) in [6, 6.07) is 127. The Labute approximate surface area is 721 Å². The first-order valence-electron chi connectivity index (χ1n) is 43.1. The molecular weight excluding hydrogens is 1570 g/mol. The van der Waals surface area contributed by atoms with Crippen molar-refractivity contribution in [3.05, 3.63) is 364 Å². The highest BCUT2D eigenvalue weighted by Gasteiger charge is 2.30. The summed E-state index contributed by atoms with van der Waals surface area (Å²) < 4.78 is 34.9. The Balaban J connectivity index is 0.0000000943. The Bertz CT molecular complexity index is 10500. The second kappa shape index (κ2) is 25.1. The number of para-hydroxylation sites is 12. The molecule has 14 nitrogen and oxygen atoms in total. The first-order valence-corrected chi connectivity index (χ1v) is 43.1. The molecule has 0 amide bonds. The van der Waals surface area contributed by atoms with Crippen LogP contribution in [0.2, 0.25) is 0 Å². The number of rotatable bonds is 4. The minimum atomic E-state index is 0.860. The van der Waals surface area contributed by atoms with Crippen LogP contribution >= 0.6 is 0 Å². The minimum absolute atomic E-state index is 0.860. The van der Waals surface area contributed by atoms with E-state index < -0.39 is 0 Å². The van der Waals surface area contributed by atoms with Crippen molar-refractivity contribution >= 4 is 258 Å². The summed E-state index contributed by atoms with van der Waals surface area (Å²) in [6.07, 6.45) is 0. The van der Waals surface area contributed by atoms with E-state index in [-0.39, 0.29) is 0 Å². The number of benzene rings is 18. The first-order chi connectivity index (χ1) is 63.4. The second-order valence-electron chi connectivity index (χ2n) is 33.8.